The van der Waals surface area contributed by atoms with Gasteiger partial charge < -0.3 is 10.1 Å². The van der Waals surface area contributed by atoms with Crippen molar-refractivity contribution in [2.75, 3.05) is 0 Å². The van der Waals surface area contributed by atoms with E-state index in [4.69, 9.17) is 10.3 Å². The van der Waals surface area contributed by atoms with Crippen LogP contribution in [-0.4, -0.2) is 32.6 Å². The first kappa shape index (κ1) is 11.6. The lowest BCUT2D eigenvalue weighted by Gasteiger charge is -2.13. The van der Waals surface area contributed by atoms with Crippen LogP contribution in [0, 0.1) is 0 Å². The standard InChI is InChI=1S/C11H11FN2O3/c12-14(17)10(11(15)16)5-7-6-13-9-4-2-1-3-8(7)9/h1-4,6,10,13,17H,5H2,(H,15,16)/t10-/m0/s1. The number of aromatic amines is 1. The van der Waals surface area contributed by atoms with E-state index in [0.29, 0.717) is 5.56 Å². The highest BCUT2D eigenvalue weighted by atomic mass is 19.2. The second-order valence-corrected chi connectivity index (χ2v) is 3.71. The predicted octanol–water partition coefficient (Wildman–Crippen LogP) is 1.74. The molecule has 0 bridgehead atoms. The SMILES string of the molecule is O=C(O)[C@H](Cc1c[nH]c2ccccc12)N(O)F. The summed E-state index contributed by atoms with van der Waals surface area (Å²) in [4.78, 5) is 13.7. The van der Waals surface area contributed by atoms with Gasteiger partial charge in [-0.3, -0.25) is 10.0 Å². The lowest BCUT2D eigenvalue weighted by Crippen LogP contribution is -2.35. The molecule has 1 aromatic heterocycles. The molecule has 0 fully saturated rings. The number of hydrogen-bond acceptors (Lipinski definition) is 3. The number of para-hydroxylation sites is 1. The lowest BCUT2D eigenvalue weighted by molar-refractivity contribution is -0.264. The van der Waals surface area contributed by atoms with Crippen molar-refractivity contribution in [2.45, 2.75) is 12.5 Å². The van der Waals surface area contributed by atoms with Crippen molar-refractivity contribution >= 4 is 16.9 Å². The van der Waals surface area contributed by atoms with Crippen LogP contribution < -0.4 is 0 Å². The molecule has 0 aliphatic carbocycles. The number of carboxylic acid groups (broad SMARTS) is 1. The van der Waals surface area contributed by atoms with Crippen molar-refractivity contribution in [3.63, 3.8) is 0 Å². The number of H-pyrrole nitrogens is 1. The third-order valence-electron chi connectivity index (χ3n) is 2.63. The number of nitrogens with one attached hydrogen (secondary N) is 1. The van der Waals surface area contributed by atoms with E-state index in [9.17, 15) is 9.28 Å². The van der Waals surface area contributed by atoms with Crippen LogP contribution >= 0.6 is 0 Å². The third kappa shape index (κ3) is 2.27. The third-order valence-corrected chi connectivity index (χ3v) is 2.63. The Balaban J connectivity index is 2.31. The normalized spacial score (nSPS) is 13.1. The molecule has 1 aromatic carbocycles. The zero-order chi connectivity index (χ0) is 12.4. The fourth-order valence-electron chi connectivity index (χ4n) is 1.76. The number of carbonyl (C=O) groups is 1. The molecule has 3 N–H and O–H groups in total. The molecule has 2 aromatic rings. The molecule has 90 valence electrons. The van der Waals surface area contributed by atoms with Gasteiger partial charge in [-0.05, 0) is 16.9 Å². The summed E-state index contributed by atoms with van der Waals surface area (Å²) < 4.78 is 12.6. The number of aromatic nitrogens is 1. The van der Waals surface area contributed by atoms with Gasteiger partial charge in [-0.15, -0.1) is 4.48 Å². The number of hydrogen-bond donors (Lipinski definition) is 3. The van der Waals surface area contributed by atoms with E-state index in [1.165, 1.54) is 0 Å². The van der Waals surface area contributed by atoms with Crippen molar-refractivity contribution in [3.05, 3.63) is 36.0 Å². The smallest absolute Gasteiger partial charge is 0.326 e. The van der Waals surface area contributed by atoms with Gasteiger partial charge >= 0.3 is 5.97 Å². The number of hydroxylamine groups is 1. The van der Waals surface area contributed by atoms with E-state index in [0.717, 1.165) is 10.9 Å². The molecular formula is C11H11FN2O3. The number of rotatable bonds is 4. The number of benzene rings is 1. The minimum absolute atomic E-state index is 0.119. The van der Waals surface area contributed by atoms with E-state index in [1.807, 2.05) is 18.2 Å². The molecule has 0 aliphatic rings. The number of carboxylic acids is 1. The maximum atomic E-state index is 12.6. The van der Waals surface area contributed by atoms with Crippen LogP contribution in [0.4, 0.5) is 4.48 Å². The Labute approximate surface area is 96.0 Å². The fraction of sp³-hybridized carbons (Fsp3) is 0.182. The molecular weight excluding hydrogens is 227 g/mol. The van der Waals surface area contributed by atoms with Crippen LogP contribution in [0.3, 0.4) is 0 Å². The first-order valence-electron chi connectivity index (χ1n) is 5.01. The van der Waals surface area contributed by atoms with Gasteiger partial charge in [-0.25, -0.2) is 0 Å². The molecule has 0 saturated heterocycles. The highest BCUT2D eigenvalue weighted by Crippen LogP contribution is 2.20. The lowest BCUT2D eigenvalue weighted by atomic mass is 10.1. The monoisotopic (exact) mass is 238 g/mol. The van der Waals surface area contributed by atoms with Crippen molar-refractivity contribution < 1.29 is 19.6 Å². The summed E-state index contributed by atoms with van der Waals surface area (Å²) in [7, 11) is 0. The summed E-state index contributed by atoms with van der Waals surface area (Å²) in [6, 6.07) is 5.68. The van der Waals surface area contributed by atoms with Crippen molar-refractivity contribution in [1.82, 2.24) is 10.3 Å². The first-order valence-corrected chi connectivity index (χ1v) is 5.01. The molecule has 6 heteroatoms. The van der Waals surface area contributed by atoms with Crippen LogP contribution in [0.15, 0.2) is 30.5 Å². The number of halogens is 1. The van der Waals surface area contributed by atoms with E-state index in [-0.39, 0.29) is 6.42 Å². The van der Waals surface area contributed by atoms with Crippen LogP contribution in [0.1, 0.15) is 5.56 Å². The van der Waals surface area contributed by atoms with Crippen LogP contribution in [0.2, 0.25) is 0 Å². The molecule has 5 nitrogen and oxygen atoms in total. The molecule has 2 rings (SSSR count). The molecule has 1 atom stereocenters. The van der Waals surface area contributed by atoms with E-state index in [2.05, 4.69) is 4.98 Å². The summed E-state index contributed by atoms with van der Waals surface area (Å²) in [5.41, 5.74) is 1.49. The van der Waals surface area contributed by atoms with Crippen molar-refractivity contribution in [1.29, 1.82) is 0 Å². The topological polar surface area (TPSA) is 76.6 Å². The molecule has 1 heterocycles. The largest absolute Gasteiger partial charge is 0.480 e. The number of nitrogens with zero attached hydrogens (tertiary/aromatic N) is 1. The van der Waals surface area contributed by atoms with Crippen LogP contribution in [0.5, 0.6) is 0 Å². The Kier molecular flexibility index (Phi) is 3.08. The summed E-state index contributed by atoms with van der Waals surface area (Å²) in [5.74, 6) is -1.42. The minimum atomic E-state index is -1.60. The van der Waals surface area contributed by atoms with Gasteiger partial charge in [0.05, 0.1) is 0 Å². The highest BCUT2D eigenvalue weighted by Gasteiger charge is 2.26. The van der Waals surface area contributed by atoms with Gasteiger partial charge in [0, 0.05) is 23.5 Å². The molecule has 0 spiro atoms. The summed E-state index contributed by atoms with van der Waals surface area (Å²) >= 11 is 0. The Morgan fingerprint density at radius 2 is 2.18 bits per heavy atom. The van der Waals surface area contributed by atoms with Crippen molar-refractivity contribution in [3.8, 4) is 0 Å². The fourth-order valence-corrected chi connectivity index (χ4v) is 1.76. The first-order chi connectivity index (χ1) is 8.09. The second kappa shape index (κ2) is 4.52. The van der Waals surface area contributed by atoms with Gasteiger partial charge in [-0.2, -0.15) is 0 Å². The van der Waals surface area contributed by atoms with Gasteiger partial charge in [0.25, 0.3) is 0 Å². The molecule has 0 radical (unpaired) electrons. The van der Waals surface area contributed by atoms with Crippen LogP contribution in [0.25, 0.3) is 10.9 Å². The van der Waals surface area contributed by atoms with E-state index >= 15 is 0 Å². The minimum Gasteiger partial charge on any atom is -0.480 e. The molecule has 0 unspecified atom stereocenters. The highest BCUT2D eigenvalue weighted by molar-refractivity contribution is 5.84. The average molecular weight is 238 g/mol. The molecule has 0 amide bonds. The Hall–Kier alpha value is -1.92. The van der Waals surface area contributed by atoms with Crippen molar-refractivity contribution in [2.24, 2.45) is 0 Å². The summed E-state index contributed by atoms with van der Waals surface area (Å²) in [6.45, 7) is 0. The van der Waals surface area contributed by atoms with Gasteiger partial charge in [0.1, 0.15) is 0 Å². The van der Waals surface area contributed by atoms with Gasteiger partial charge in [-0.1, -0.05) is 18.2 Å². The van der Waals surface area contributed by atoms with Gasteiger partial charge in [0.15, 0.2) is 6.04 Å². The van der Waals surface area contributed by atoms with Gasteiger partial charge in [0.2, 0.25) is 0 Å². The predicted molar refractivity (Wildman–Crippen MR) is 58.2 cm³/mol. The number of aliphatic carboxylic acids is 1. The van der Waals surface area contributed by atoms with E-state index < -0.39 is 17.3 Å². The molecule has 0 saturated carbocycles. The van der Waals surface area contributed by atoms with Crippen LogP contribution in [-0.2, 0) is 11.2 Å². The Bertz CT molecular complexity index is 538. The zero-order valence-electron chi connectivity index (χ0n) is 8.80. The quantitative estimate of drug-likeness (QED) is 0.560. The Morgan fingerprint density at radius 1 is 1.47 bits per heavy atom. The van der Waals surface area contributed by atoms with E-state index in [1.54, 1.807) is 12.3 Å². The maximum absolute atomic E-state index is 12.6. The second-order valence-electron chi connectivity index (χ2n) is 3.71. The summed E-state index contributed by atoms with van der Waals surface area (Å²) in [6.07, 6.45) is 1.50. The average Bonchev–Trinajstić information content (AvgIpc) is 2.68. The molecule has 17 heavy (non-hydrogen) atoms. The Morgan fingerprint density at radius 3 is 2.82 bits per heavy atom. The molecule has 0 aliphatic heterocycles. The zero-order valence-corrected chi connectivity index (χ0v) is 8.80. The summed E-state index contributed by atoms with van der Waals surface area (Å²) in [5, 5.41) is 17.4. The number of fused-ring (bicyclic) bond motifs is 1. The maximum Gasteiger partial charge on any atom is 0.326 e.